The van der Waals surface area contributed by atoms with Crippen LogP contribution in [0.2, 0.25) is 0 Å². The Labute approximate surface area is 124 Å². The van der Waals surface area contributed by atoms with Crippen molar-refractivity contribution in [3.8, 4) is 0 Å². The molecule has 2 aromatic carbocycles. The van der Waals surface area contributed by atoms with Crippen LogP contribution in [0.3, 0.4) is 0 Å². The van der Waals surface area contributed by atoms with Crippen molar-refractivity contribution in [2.24, 2.45) is 5.73 Å². The molecule has 0 radical (unpaired) electrons. The van der Waals surface area contributed by atoms with Crippen LogP contribution in [0.25, 0.3) is 0 Å². The Morgan fingerprint density at radius 3 is 2.48 bits per heavy atom. The van der Waals surface area contributed by atoms with E-state index in [1.807, 2.05) is 31.2 Å². The van der Waals surface area contributed by atoms with Gasteiger partial charge in [-0.2, -0.15) is 0 Å². The second kappa shape index (κ2) is 6.99. The molecular formula is C17H19FN2O. The highest BCUT2D eigenvalue weighted by molar-refractivity contribution is 6.06. The van der Waals surface area contributed by atoms with Gasteiger partial charge in [0.2, 0.25) is 0 Å². The molecule has 0 aliphatic heterocycles. The summed E-state index contributed by atoms with van der Waals surface area (Å²) in [5.74, 6) is -0.843. The standard InChI is InChI=1S/C17H19FN2O/c1-13-7-2-5-10-16(13)20(12-6-11-19)17(21)14-8-3-4-9-15(14)18/h2-5,7-10H,6,11-12,19H2,1H3. The quantitative estimate of drug-likeness (QED) is 0.918. The van der Waals surface area contributed by atoms with Crippen molar-refractivity contribution >= 4 is 11.6 Å². The number of anilines is 1. The van der Waals surface area contributed by atoms with Gasteiger partial charge in [0.25, 0.3) is 5.91 Å². The van der Waals surface area contributed by atoms with Crippen LogP contribution in [0.1, 0.15) is 22.3 Å². The van der Waals surface area contributed by atoms with Crippen LogP contribution < -0.4 is 10.6 Å². The van der Waals surface area contributed by atoms with Crippen LogP contribution in [0.4, 0.5) is 10.1 Å². The third-order valence-electron chi connectivity index (χ3n) is 3.34. The van der Waals surface area contributed by atoms with Crippen LogP contribution in [-0.4, -0.2) is 19.0 Å². The van der Waals surface area contributed by atoms with E-state index in [4.69, 9.17) is 5.73 Å². The van der Waals surface area contributed by atoms with E-state index in [0.717, 1.165) is 11.3 Å². The molecule has 0 atom stereocenters. The summed E-state index contributed by atoms with van der Waals surface area (Å²) < 4.78 is 13.9. The molecule has 0 saturated carbocycles. The molecule has 0 aliphatic carbocycles. The van der Waals surface area contributed by atoms with Crippen LogP contribution in [0, 0.1) is 12.7 Å². The SMILES string of the molecule is Cc1ccccc1N(CCCN)C(=O)c1ccccc1F. The highest BCUT2D eigenvalue weighted by atomic mass is 19.1. The predicted octanol–water partition coefficient (Wildman–Crippen LogP) is 3.13. The normalized spacial score (nSPS) is 10.4. The number of aryl methyl sites for hydroxylation is 1. The Hall–Kier alpha value is -2.20. The van der Waals surface area contributed by atoms with Crippen molar-refractivity contribution in [3.05, 3.63) is 65.5 Å². The molecule has 0 saturated heterocycles. The predicted molar refractivity (Wildman–Crippen MR) is 82.9 cm³/mol. The number of hydrogen-bond acceptors (Lipinski definition) is 2. The number of hydrogen-bond donors (Lipinski definition) is 1. The van der Waals surface area contributed by atoms with E-state index in [9.17, 15) is 9.18 Å². The van der Waals surface area contributed by atoms with Gasteiger partial charge < -0.3 is 10.6 Å². The summed E-state index contributed by atoms with van der Waals surface area (Å²) in [7, 11) is 0. The third kappa shape index (κ3) is 3.47. The van der Waals surface area contributed by atoms with Crippen molar-refractivity contribution in [1.29, 1.82) is 0 Å². The number of amides is 1. The van der Waals surface area contributed by atoms with Crippen molar-refractivity contribution < 1.29 is 9.18 Å². The summed E-state index contributed by atoms with van der Waals surface area (Å²) in [5.41, 5.74) is 7.39. The summed E-state index contributed by atoms with van der Waals surface area (Å²) in [6, 6.07) is 13.6. The van der Waals surface area contributed by atoms with Gasteiger partial charge in [0, 0.05) is 12.2 Å². The zero-order chi connectivity index (χ0) is 15.2. The topological polar surface area (TPSA) is 46.3 Å². The molecule has 0 unspecified atom stereocenters. The number of carbonyl (C=O) groups is 1. The number of carbonyl (C=O) groups excluding carboxylic acids is 1. The average Bonchev–Trinajstić information content (AvgIpc) is 2.49. The number of halogens is 1. The van der Waals surface area contributed by atoms with Gasteiger partial charge in [-0.1, -0.05) is 30.3 Å². The minimum atomic E-state index is -0.506. The van der Waals surface area contributed by atoms with Crippen LogP contribution in [-0.2, 0) is 0 Å². The number of nitrogens with two attached hydrogens (primary N) is 1. The van der Waals surface area contributed by atoms with E-state index in [2.05, 4.69) is 0 Å². The molecule has 3 nitrogen and oxygen atoms in total. The maximum atomic E-state index is 13.9. The minimum absolute atomic E-state index is 0.0813. The number of rotatable bonds is 5. The lowest BCUT2D eigenvalue weighted by molar-refractivity contribution is 0.0983. The molecule has 0 aromatic heterocycles. The largest absolute Gasteiger partial charge is 0.330 e. The lowest BCUT2D eigenvalue weighted by Gasteiger charge is -2.24. The average molecular weight is 286 g/mol. The highest BCUT2D eigenvalue weighted by Gasteiger charge is 2.21. The van der Waals surface area contributed by atoms with E-state index < -0.39 is 5.82 Å². The van der Waals surface area contributed by atoms with Gasteiger partial charge in [0.15, 0.2) is 0 Å². The molecule has 2 aromatic rings. The molecule has 0 heterocycles. The van der Waals surface area contributed by atoms with Crippen LogP contribution in [0.15, 0.2) is 48.5 Å². The van der Waals surface area contributed by atoms with Crippen molar-refractivity contribution in [1.82, 2.24) is 0 Å². The first kappa shape index (κ1) is 15.2. The van der Waals surface area contributed by atoms with Gasteiger partial charge in [-0.3, -0.25) is 4.79 Å². The third-order valence-corrected chi connectivity index (χ3v) is 3.34. The van der Waals surface area contributed by atoms with E-state index in [-0.39, 0.29) is 11.5 Å². The van der Waals surface area contributed by atoms with E-state index in [1.54, 1.807) is 17.0 Å². The van der Waals surface area contributed by atoms with E-state index in [1.165, 1.54) is 12.1 Å². The summed E-state index contributed by atoms with van der Waals surface area (Å²) in [6.45, 7) is 2.88. The molecule has 0 fully saturated rings. The molecule has 2 rings (SSSR count). The second-order valence-corrected chi connectivity index (χ2v) is 4.87. The van der Waals surface area contributed by atoms with Gasteiger partial charge in [-0.15, -0.1) is 0 Å². The fourth-order valence-electron chi connectivity index (χ4n) is 2.23. The molecule has 110 valence electrons. The number of nitrogens with zero attached hydrogens (tertiary/aromatic N) is 1. The van der Waals surface area contributed by atoms with Crippen molar-refractivity contribution in [2.75, 3.05) is 18.0 Å². The smallest absolute Gasteiger partial charge is 0.261 e. The molecule has 0 aliphatic rings. The fourth-order valence-corrected chi connectivity index (χ4v) is 2.23. The lowest BCUT2D eigenvalue weighted by Crippen LogP contribution is -2.34. The summed E-state index contributed by atoms with van der Waals surface area (Å²) in [5, 5.41) is 0. The monoisotopic (exact) mass is 286 g/mol. The first-order valence-corrected chi connectivity index (χ1v) is 6.97. The van der Waals surface area contributed by atoms with E-state index >= 15 is 0 Å². The van der Waals surface area contributed by atoms with Crippen molar-refractivity contribution in [3.63, 3.8) is 0 Å². The Balaban J connectivity index is 2.39. The maximum absolute atomic E-state index is 13.9. The highest BCUT2D eigenvalue weighted by Crippen LogP contribution is 2.22. The first-order chi connectivity index (χ1) is 10.1. The summed E-state index contributed by atoms with van der Waals surface area (Å²) >= 11 is 0. The fraction of sp³-hybridized carbons (Fsp3) is 0.235. The zero-order valence-electron chi connectivity index (χ0n) is 12.1. The first-order valence-electron chi connectivity index (χ1n) is 6.97. The Bertz CT molecular complexity index is 628. The molecule has 1 amide bonds. The maximum Gasteiger partial charge on any atom is 0.261 e. The van der Waals surface area contributed by atoms with Gasteiger partial charge in [0.05, 0.1) is 5.56 Å². The van der Waals surface area contributed by atoms with Gasteiger partial charge >= 0.3 is 0 Å². The Kier molecular flexibility index (Phi) is 5.06. The van der Waals surface area contributed by atoms with Crippen LogP contribution >= 0.6 is 0 Å². The molecule has 2 N–H and O–H groups in total. The Morgan fingerprint density at radius 1 is 1.14 bits per heavy atom. The number of benzene rings is 2. The van der Waals surface area contributed by atoms with Gasteiger partial charge in [-0.05, 0) is 43.7 Å². The molecule has 0 spiro atoms. The van der Waals surface area contributed by atoms with E-state index in [0.29, 0.717) is 19.5 Å². The molecule has 21 heavy (non-hydrogen) atoms. The van der Waals surface area contributed by atoms with Crippen molar-refractivity contribution in [2.45, 2.75) is 13.3 Å². The number of para-hydroxylation sites is 1. The lowest BCUT2D eigenvalue weighted by atomic mass is 10.1. The van der Waals surface area contributed by atoms with Gasteiger partial charge in [0.1, 0.15) is 5.82 Å². The molecule has 0 bridgehead atoms. The summed E-state index contributed by atoms with van der Waals surface area (Å²) in [6.07, 6.45) is 0.661. The Morgan fingerprint density at radius 2 is 1.81 bits per heavy atom. The zero-order valence-corrected chi connectivity index (χ0v) is 12.1. The summed E-state index contributed by atoms with van der Waals surface area (Å²) in [4.78, 5) is 14.3. The molecule has 4 heteroatoms. The van der Waals surface area contributed by atoms with Gasteiger partial charge in [-0.25, -0.2) is 4.39 Å². The van der Waals surface area contributed by atoms with Crippen LogP contribution in [0.5, 0.6) is 0 Å². The minimum Gasteiger partial charge on any atom is -0.330 e. The second-order valence-electron chi connectivity index (χ2n) is 4.87. The molecular weight excluding hydrogens is 267 g/mol.